The zero-order valence-corrected chi connectivity index (χ0v) is 13.9. The van der Waals surface area contributed by atoms with Gasteiger partial charge in [-0.15, -0.1) is 0 Å². The summed E-state index contributed by atoms with van der Waals surface area (Å²) >= 11 is 3.27. The fraction of sp³-hybridized carbons (Fsp3) is 0.400. The summed E-state index contributed by atoms with van der Waals surface area (Å²) in [6, 6.07) is 3.51. The molecule has 0 N–H and O–H groups in total. The number of esters is 1. The van der Waals surface area contributed by atoms with Gasteiger partial charge in [0.25, 0.3) is 0 Å². The summed E-state index contributed by atoms with van der Waals surface area (Å²) in [5.41, 5.74) is 0.752. The van der Waals surface area contributed by atoms with E-state index in [1.165, 1.54) is 13.2 Å². The Bertz CT molecular complexity index is 474. The molecule has 0 saturated heterocycles. The Hall–Kier alpha value is -1.69. The summed E-state index contributed by atoms with van der Waals surface area (Å²) in [5.74, 6) is 1.19. The normalized spacial score (nSPS) is 10.5. The van der Waals surface area contributed by atoms with Crippen LogP contribution >= 0.6 is 15.9 Å². The minimum Gasteiger partial charge on any atom is -0.493 e. The van der Waals surface area contributed by atoms with Crippen molar-refractivity contribution in [3.8, 4) is 17.2 Å². The Morgan fingerprint density at radius 3 is 2.24 bits per heavy atom. The van der Waals surface area contributed by atoms with Crippen LogP contribution in [-0.2, 0) is 9.53 Å². The third kappa shape index (κ3) is 5.30. The fourth-order valence-electron chi connectivity index (χ4n) is 1.64. The Kier molecular flexibility index (Phi) is 7.68. The summed E-state index contributed by atoms with van der Waals surface area (Å²) in [6.45, 7) is 0.393. The van der Waals surface area contributed by atoms with Crippen LogP contribution in [0.4, 0.5) is 0 Å². The van der Waals surface area contributed by atoms with Crippen molar-refractivity contribution in [3.63, 3.8) is 0 Å². The molecule has 0 radical (unpaired) electrons. The number of methoxy groups -OCH3 is 3. The number of alkyl halides is 1. The van der Waals surface area contributed by atoms with Gasteiger partial charge in [-0.2, -0.15) is 0 Å². The highest BCUT2D eigenvalue weighted by Gasteiger charge is 2.12. The monoisotopic (exact) mass is 358 g/mol. The molecule has 0 spiro atoms. The van der Waals surface area contributed by atoms with Gasteiger partial charge in [0, 0.05) is 11.4 Å². The van der Waals surface area contributed by atoms with Gasteiger partial charge in [-0.3, -0.25) is 0 Å². The Labute approximate surface area is 133 Å². The molecule has 116 valence electrons. The SMILES string of the molecule is COc1cc(/C=C/C(=O)OCCCBr)cc(OC)c1OC. The van der Waals surface area contributed by atoms with E-state index in [1.54, 1.807) is 32.4 Å². The van der Waals surface area contributed by atoms with Crippen molar-refractivity contribution < 1.29 is 23.7 Å². The van der Waals surface area contributed by atoms with Crippen molar-refractivity contribution in [1.29, 1.82) is 0 Å². The van der Waals surface area contributed by atoms with Crippen molar-refractivity contribution in [1.82, 2.24) is 0 Å². The molecular formula is C15H19BrO5. The molecular weight excluding hydrogens is 340 g/mol. The van der Waals surface area contributed by atoms with Crippen LogP contribution in [0, 0.1) is 0 Å². The van der Waals surface area contributed by atoms with Gasteiger partial charge in [-0.1, -0.05) is 15.9 Å². The first-order valence-corrected chi connectivity index (χ1v) is 7.49. The third-order valence-corrected chi connectivity index (χ3v) is 3.18. The molecule has 21 heavy (non-hydrogen) atoms. The van der Waals surface area contributed by atoms with Gasteiger partial charge in [0.15, 0.2) is 11.5 Å². The molecule has 0 heterocycles. The molecule has 1 rings (SSSR count). The topological polar surface area (TPSA) is 54.0 Å². The van der Waals surface area contributed by atoms with Crippen molar-refractivity contribution in [2.75, 3.05) is 33.3 Å². The molecule has 0 unspecified atom stereocenters. The van der Waals surface area contributed by atoms with E-state index in [-0.39, 0.29) is 5.97 Å². The molecule has 0 saturated carbocycles. The van der Waals surface area contributed by atoms with Gasteiger partial charge < -0.3 is 18.9 Å². The highest BCUT2D eigenvalue weighted by molar-refractivity contribution is 9.09. The van der Waals surface area contributed by atoms with Gasteiger partial charge in [0.05, 0.1) is 27.9 Å². The van der Waals surface area contributed by atoms with E-state index >= 15 is 0 Å². The number of rotatable bonds is 8. The molecule has 0 atom stereocenters. The highest BCUT2D eigenvalue weighted by Crippen LogP contribution is 2.38. The number of hydrogen-bond donors (Lipinski definition) is 0. The van der Waals surface area contributed by atoms with E-state index in [1.807, 2.05) is 0 Å². The summed E-state index contributed by atoms with van der Waals surface area (Å²) in [5, 5.41) is 0.802. The largest absolute Gasteiger partial charge is 0.493 e. The van der Waals surface area contributed by atoms with Crippen molar-refractivity contribution >= 4 is 28.0 Å². The summed E-state index contributed by atoms with van der Waals surface area (Å²) in [4.78, 5) is 11.5. The van der Waals surface area contributed by atoms with Crippen molar-refractivity contribution in [2.24, 2.45) is 0 Å². The van der Waals surface area contributed by atoms with E-state index in [0.29, 0.717) is 23.9 Å². The lowest BCUT2D eigenvalue weighted by atomic mass is 10.1. The molecule has 0 aliphatic heterocycles. The first kappa shape index (κ1) is 17.4. The van der Waals surface area contributed by atoms with E-state index in [4.69, 9.17) is 18.9 Å². The molecule has 6 heteroatoms. The van der Waals surface area contributed by atoms with Crippen LogP contribution < -0.4 is 14.2 Å². The maximum absolute atomic E-state index is 11.5. The second-order valence-electron chi connectivity index (χ2n) is 4.00. The molecule has 0 bridgehead atoms. The number of ether oxygens (including phenoxy) is 4. The van der Waals surface area contributed by atoms with Crippen LogP contribution in [0.1, 0.15) is 12.0 Å². The fourth-order valence-corrected chi connectivity index (χ4v) is 1.87. The molecule has 0 aromatic heterocycles. The predicted octanol–water partition coefficient (Wildman–Crippen LogP) is 3.05. The Balaban J connectivity index is 2.86. The lowest BCUT2D eigenvalue weighted by molar-refractivity contribution is -0.137. The summed E-state index contributed by atoms with van der Waals surface area (Å²) in [7, 11) is 4.62. The number of benzene rings is 1. The van der Waals surface area contributed by atoms with E-state index in [9.17, 15) is 4.79 Å². The molecule has 1 aromatic rings. The maximum atomic E-state index is 11.5. The van der Waals surface area contributed by atoms with Crippen LogP contribution in [0.3, 0.4) is 0 Å². The van der Waals surface area contributed by atoms with Crippen LogP contribution in [0.25, 0.3) is 6.08 Å². The lowest BCUT2D eigenvalue weighted by Crippen LogP contribution is -2.02. The van der Waals surface area contributed by atoms with E-state index in [0.717, 1.165) is 17.3 Å². The number of carbonyl (C=O) groups excluding carboxylic acids is 1. The maximum Gasteiger partial charge on any atom is 0.330 e. The van der Waals surface area contributed by atoms with Crippen LogP contribution in [0.15, 0.2) is 18.2 Å². The molecule has 1 aromatic carbocycles. The van der Waals surface area contributed by atoms with Crippen molar-refractivity contribution in [3.05, 3.63) is 23.8 Å². The minimum absolute atomic E-state index is 0.385. The van der Waals surface area contributed by atoms with Crippen LogP contribution in [0.5, 0.6) is 17.2 Å². The smallest absolute Gasteiger partial charge is 0.330 e. The van der Waals surface area contributed by atoms with Gasteiger partial charge in [0.1, 0.15) is 0 Å². The quantitative estimate of drug-likeness (QED) is 0.309. The third-order valence-electron chi connectivity index (χ3n) is 2.62. The average Bonchev–Trinajstić information content (AvgIpc) is 2.51. The Morgan fingerprint density at radius 1 is 1.14 bits per heavy atom. The molecule has 0 aliphatic carbocycles. The Morgan fingerprint density at radius 2 is 1.76 bits per heavy atom. The first-order valence-electron chi connectivity index (χ1n) is 6.37. The minimum atomic E-state index is -0.385. The molecule has 5 nitrogen and oxygen atoms in total. The molecule has 0 aliphatic rings. The van der Waals surface area contributed by atoms with Gasteiger partial charge in [0.2, 0.25) is 5.75 Å². The summed E-state index contributed by atoms with van der Waals surface area (Å²) < 4.78 is 20.7. The predicted molar refractivity (Wildman–Crippen MR) is 84.5 cm³/mol. The van der Waals surface area contributed by atoms with Crippen molar-refractivity contribution in [2.45, 2.75) is 6.42 Å². The number of halogens is 1. The number of hydrogen-bond acceptors (Lipinski definition) is 5. The second-order valence-corrected chi connectivity index (χ2v) is 4.80. The van der Waals surface area contributed by atoms with Crippen LogP contribution in [-0.4, -0.2) is 39.2 Å². The number of carbonyl (C=O) groups is 1. The highest BCUT2D eigenvalue weighted by atomic mass is 79.9. The standard InChI is InChI=1S/C15H19BrO5/c1-18-12-9-11(10-13(19-2)15(12)20-3)5-6-14(17)21-8-4-7-16/h5-6,9-10H,4,7-8H2,1-3H3/b6-5+. The van der Waals surface area contributed by atoms with Crippen LogP contribution in [0.2, 0.25) is 0 Å². The zero-order valence-electron chi connectivity index (χ0n) is 12.3. The lowest BCUT2D eigenvalue weighted by Gasteiger charge is -2.12. The van der Waals surface area contributed by atoms with E-state index < -0.39 is 0 Å². The summed E-state index contributed by atoms with van der Waals surface area (Å²) in [6.07, 6.45) is 3.79. The zero-order chi connectivity index (χ0) is 15.7. The van der Waals surface area contributed by atoms with Gasteiger partial charge in [-0.05, 0) is 30.2 Å². The molecule has 0 amide bonds. The second kappa shape index (κ2) is 9.28. The van der Waals surface area contributed by atoms with E-state index in [2.05, 4.69) is 15.9 Å². The van der Waals surface area contributed by atoms with Gasteiger partial charge >= 0.3 is 5.97 Å². The van der Waals surface area contributed by atoms with Gasteiger partial charge in [-0.25, -0.2) is 4.79 Å². The average molecular weight is 359 g/mol. The molecule has 0 fully saturated rings. The first-order chi connectivity index (χ1) is 10.2.